The first kappa shape index (κ1) is 15.2. The summed E-state index contributed by atoms with van der Waals surface area (Å²) in [6.45, 7) is 0. The number of benzene rings is 2. The number of rotatable bonds is 4. The zero-order valence-electron chi connectivity index (χ0n) is 11.6. The van der Waals surface area contributed by atoms with Crippen LogP contribution in [0.3, 0.4) is 0 Å². The van der Waals surface area contributed by atoms with E-state index in [4.69, 9.17) is 4.74 Å². The Kier molecular flexibility index (Phi) is 4.49. The van der Waals surface area contributed by atoms with Crippen molar-refractivity contribution in [1.29, 1.82) is 5.26 Å². The zero-order valence-corrected chi connectivity index (χ0v) is 11.6. The summed E-state index contributed by atoms with van der Waals surface area (Å²) < 4.78 is 18.9. The lowest BCUT2D eigenvalue weighted by atomic mass is 10.0. The molecular weight excluding hydrogens is 287 g/mol. The van der Waals surface area contributed by atoms with Crippen molar-refractivity contribution in [2.24, 2.45) is 0 Å². The standard InChI is InChI=1S/C16H11FN2O3/c1-22-16-7-6-13(19(20)21)9-11(16)8-12(10-18)14-4-2-3-5-15(14)17/h2-9H,1H3/b12-8-. The van der Waals surface area contributed by atoms with Gasteiger partial charge in [-0.3, -0.25) is 10.1 Å². The molecule has 0 radical (unpaired) electrons. The highest BCUT2D eigenvalue weighted by Crippen LogP contribution is 2.28. The number of halogens is 1. The van der Waals surface area contributed by atoms with Gasteiger partial charge in [0, 0.05) is 23.3 Å². The summed E-state index contributed by atoms with van der Waals surface area (Å²) in [6.07, 6.45) is 1.37. The normalized spacial score (nSPS) is 10.9. The van der Waals surface area contributed by atoms with Crippen LogP contribution >= 0.6 is 0 Å². The molecule has 0 aliphatic rings. The second-order valence-electron chi connectivity index (χ2n) is 4.33. The predicted octanol–water partition coefficient (Wildman–Crippen LogP) is 3.81. The number of hydrogen-bond acceptors (Lipinski definition) is 4. The van der Waals surface area contributed by atoms with E-state index in [-0.39, 0.29) is 16.8 Å². The molecule has 5 nitrogen and oxygen atoms in total. The molecule has 0 fully saturated rings. The minimum atomic E-state index is -0.550. The van der Waals surface area contributed by atoms with E-state index in [1.807, 2.05) is 6.07 Å². The Morgan fingerprint density at radius 3 is 2.68 bits per heavy atom. The Morgan fingerprint density at radius 2 is 2.09 bits per heavy atom. The van der Waals surface area contributed by atoms with Gasteiger partial charge in [-0.05, 0) is 18.2 Å². The predicted molar refractivity (Wildman–Crippen MR) is 79.5 cm³/mol. The molecule has 0 aromatic heterocycles. The molecule has 0 N–H and O–H groups in total. The maximum absolute atomic E-state index is 13.8. The molecule has 0 spiro atoms. The molecule has 0 atom stereocenters. The fourth-order valence-electron chi connectivity index (χ4n) is 1.95. The lowest BCUT2D eigenvalue weighted by Gasteiger charge is -2.06. The van der Waals surface area contributed by atoms with Gasteiger partial charge in [0.15, 0.2) is 0 Å². The molecule has 2 rings (SSSR count). The van der Waals surface area contributed by atoms with Gasteiger partial charge in [0.05, 0.1) is 23.7 Å². The van der Waals surface area contributed by atoms with Gasteiger partial charge in [-0.15, -0.1) is 0 Å². The largest absolute Gasteiger partial charge is 0.496 e. The summed E-state index contributed by atoms with van der Waals surface area (Å²) in [5.41, 5.74) is 0.366. The Balaban J connectivity index is 2.59. The molecule has 0 amide bonds. The highest BCUT2D eigenvalue weighted by molar-refractivity contribution is 5.91. The van der Waals surface area contributed by atoms with E-state index in [1.54, 1.807) is 6.07 Å². The van der Waals surface area contributed by atoms with Gasteiger partial charge in [0.1, 0.15) is 11.6 Å². The van der Waals surface area contributed by atoms with E-state index in [2.05, 4.69) is 0 Å². The van der Waals surface area contributed by atoms with Crippen molar-refractivity contribution in [2.45, 2.75) is 0 Å². The number of allylic oxidation sites excluding steroid dienone is 1. The molecule has 0 heterocycles. The average molecular weight is 298 g/mol. The quantitative estimate of drug-likeness (QED) is 0.372. The Labute approximate surface area is 126 Å². The molecule has 0 saturated carbocycles. The summed E-state index contributed by atoms with van der Waals surface area (Å²) in [5, 5.41) is 20.1. The number of nitriles is 1. The van der Waals surface area contributed by atoms with Gasteiger partial charge in [0.25, 0.3) is 5.69 Å². The van der Waals surface area contributed by atoms with Crippen LogP contribution in [0.1, 0.15) is 11.1 Å². The molecule has 0 unspecified atom stereocenters. The lowest BCUT2D eigenvalue weighted by Crippen LogP contribution is -1.93. The van der Waals surface area contributed by atoms with Crippen LogP contribution in [0, 0.1) is 27.3 Å². The molecule has 6 heteroatoms. The summed E-state index contributed by atoms with van der Waals surface area (Å²) >= 11 is 0. The highest BCUT2D eigenvalue weighted by atomic mass is 19.1. The first-order valence-electron chi connectivity index (χ1n) is 6.26. The van der Waals surface area contributed by atoms with Crippen LogP contribution < -0.4 is 4.74 Å². The number of nitrogens with zero attached hydrogens (tertiary/aromatic N) is 2. The zero-order chi connectivity index (χ0) is 16.1. The van der Waals surface area contributed by atoms with Crippen molar-refractivity contribution in [3.05, 3.63) is 69.5 Å². The molecule has 110 valence electrons. The molecule has 0 aliphatic heterocycles. The lowest BCUT2D eigenvalue weighted by molar-refractivity contribution is -0.384. The fraction of sp³-hybridized carbons (Fsp3) is 0.0625. The first-order chi connectivity index (χ1) is 10.6. The number of ether oxygens (including phenoxy) is 1. The molecular formula is C16H11FN2O3. The summed E-state index contributed by atoms with van der Waals surface area (Å²) in [6, 6.07) is 11.7. The summed E-state index contributed by atoms with van der Waals surface area (Å²) in [4.78, 5) is 10.3. The van der Waals surface area contributed by atoms with E-state index in [9.17, 15) is 19.8 Å². The number of non-ortho nitro benzene ring substituents is 1. The third-order valence-electron chi connectivity index (χ3n) is 3.01. The number of methoxy groups -OCH3 is 1. The summed E-state index contributed by atoms with van der Waals surface area (Å²) in [7, 11) is 1.41. The maximum atomic E-state index is 13.8. The van der Waals surface area contributed by atoms with Gasteiger partial charge >= 0.3 is 0 Å². The fourth-order valence-corrected chi connectivity index (χ4v) is 1.95. The smallest absolute Gasteiger partial charge is 0.270 e. The van der Waals surface area contributed by atoms with Crippen molar-refractivity contribution in [3.63, 3.8) is 0 Å². The van der Waals surface area contributed by atoms with E-state index < -0.39 is 10.7 Å². The number of hydrogen-bond donors (Lipinski definition) is 0. The van der Waals surface area contributed by atoms with Gasteiger partial charge in [-0.25, -0.2) is 4.39 Å². The molecule has 2 aromatic rings. The van der Waals surface area contributed by atoms with Crippen molar-refractivity contribution in [3.8, 4) is 11.8 Å². The molecule has 0 aliphatic carbocycles. The third kappa shape index (κ3) is 3.10. The Hall–Kier alpha value is -3.20. The molecule has 0 saturated heterocycles. The van der Waals surface area contributed by atoms with Crippen LogP contribution in [0.25, 0.3) is 11.6 Å². The Morgan fingerprint density at radius 1 is 1.36 bits per heavy atom. The van der Waals surface area contributed by atoms with Crippen molar-refractivity contribution >= 4 is 17.3 Å². The third-order valence-corrected chi connectivity index (χ3v) is 3.01. The minimum Gasteiger partial charge on any atom is -0.496 e. The van der Waals surface area contributed by atoms with Crippen LogP contribution in [-0.4, -0.2) is 12.0 Å². The van der Waals surface area contributed by atoms with Crippen LogP contribution in [0.2, 0.25) is 0 Å². The average Bonchev–Trinajstić information content (AvgIpc) is 2.53. The van der Waals surface area contributed by atoms with Crippen LogP contribution in [-0.2, 0) is 0 Å². The van der Waals surface area contributed by atoms with Gasteiger partial charge in [0.2, 0.25) is 0 Å². The van der Waals surface area contributed by atoms with Crippen molar-refractivity contribution in [1.82, 2.24) is 0 Å². The minimum absolute atomic E-state index is 0.0527. The van der Waals surface area contributed by atoms with Gasteiger partial charge < -0.3 is 4.74 Å². The summed E-state index contributed by atoms with van der Waals surface area (Å²) in [5.74, 6) is -0.186. The SMILES string of the molecule is COc1ccc([N+](=O)[O-])cc1/C=C(/C#N)c1ccccc1F. The molecule has 0 bridgehead atoms. The first-order valence-corrected chi connectivity index (χ1v) is 6.26. The molecule has 22 heavy (non-hydrogen) atoms. The monoisotopic (exact) mass is 298 g/mol. The van der Waals surface area contributed by atoms with Gasteiger partial charge in [-0.2, -0.15) is 5.26 Å². The Bertz CT molecular complexity index is 794. The van der Waals surface area contributed by atoms with Crippen LogP contribution in [0.4, 0.5) is 10.1 Å². The molecule has 2 aromatic carbocycles. The van der Waals surface area contributed by atoms with E-state index in [0.717, 1.165) is 0 Å². The van der Waals surface area contributed by atoms with Gasteiger partial charge in [-0.1, -0.05) is 18.2 Å². The maximum Gasteiger partial charge on any atom is 0.270 e. The highest BCUT2D eigenvalue weighted by Gasteiger charge is 2.12. The van der Waals surface area contributed by atoms with E-state index in [1.165, 1.54) is 49.6 Å². The topological polar surface area (TPSA) is 76.2 Å². The second-order valence-corrected chi connectivity index (χ2v) is 4.33. The van der Waals surface area contributed by atoms with Crippen LogP contribution in [0.5, 0.6) is 5.75 Å². The number of nitro benzene ring substituents is 1. The number of nitro groups is 1. The van der Waals surface area contributed by atoms with Crippen LogP contribution in [0.15, 0.2) is 42.5 Å². The second kappa shape index (κ2) is 6.50. The van der Waals surface area contributed by atoms with Crippen molar-refractivity contribution < 1.29 is 14.1 Å². The van der Waals surface area contributed by atoms with E-state index in [0.29, 0.717) is 11.3 Å². The van der Waals surface area contributed by atoms with E-state index >= 15 is 0 Å². The van der Waals surface area contributed by atoms with Crippen molar-refractivity contribution in [2.75, 3.05) is 7.11 Å².